The van der Waals surface area contributed by atoms with Gasteiger partial charge < -0.3 is 5.32 Å². The zero-order valence-corrected chi connectivity index (χ0v) is 9.53. The highest BCUT2D eigenvalue weighted by molar-refractivity contribution is 5.79. The molecule has 1 aromatic rings. The van der Waals surface area contributed by atoms with Crippen LogP contribution >= 0.6 is 0 Å². The Hall–Kier alpha value is -1.55. The monoisotopic (exact) mass is 218 g/mol. The third-order valence-electron chi connectivity index (χ3n) is 2.84. The van der Waals surface area contributed by atoms with E-state index in [4.69, 9.17) is 5.84 Å². The first-order chi connectivity index (χ1) is 7.83. The van der Waals surface area contributed by atoms with E-state index in [1.54, 1.807) is 0 Å². The molecule has 16 heavy (non-hydrogen) atoms. The largest absolute Gasteiger partial charge is 0.352 e. The molecule has 0 aromatic heterocycles. The molecule has 4 N–H and O–H groups in total. The number of aliphatic imine (C=N–C) groups is 1. The number of fused-ring (bicyclic) bond motifs is 1. The summed E-state index contributed by atoms with van der Waals surface area (Å²) in [5.74, 6) is 6.08. The molecule has 0 saturated heterocycles. The minimum Gasteiger partial charge on any atom is -0.352 e. The second-order valence-electron chi connectivity index (χ2n) is 3.99. The van der Waals surface area contributed by atoms with Gasteiger partial charge in [0, 0.05) is 12.6 Å². The van der Waals surface area contributed by atoms with Gasteiger partial charge in [-0.3, -0.25) is 10.4 Å². The third-order valence-corrected chi connectivity index (χ3v) is 2.84. The Bertz CT molecular complexity index is 361. The predicted molar refractivity (Wildman–Crippen MR) is 66.1 cm³/mol. The van der Waals surface area contributed by atoms with Crippen molar-refractivity contribution in [2.75, 3.05) is 6.54 Å². The molecule has 0 atom stereocenters. The van der Waals surface area contributed by atoms with Crippen molar-refractivity contribution in [3.63, 3.8) is 0 Å². The average Bonchev–Trinajstić information content (AvgIpc) is 2.70. The van der Waals surface area contributed by atoms with Gasteiger partial charge in [-0.05, 0) is 30.9 Å². The molecule has 1 aromatic carbocycles. The molecule has 0 heterocycles. The van der Waals surface area contributed by atoms with E-state index in [9.17, 15) is 0 Å². The van der Waals surface area contributed by atoms with Gasteiger partial charge in [0.25, 0.3) is 0 Å². The quantitative estimate of drug-likeness (QED) is 0.294. The van der Waals surface area contributed by atoms with Gasteiger partial charge in [-0.2, -0.15) is 0 Å². The molecular formula is C12H18N4. The van der Waals surface area contributed by atoms with Crippen molar-refractivity contribution in [1.82, 2.24) is 10.7 Å². The number of hydrogen-bond donors (Lipinski definition) is 3. The summed E-state index contributed by atoms with van der Waals surface area (Å²) in [6, 6.07) is 8.94. The smallest absolute Gasteiger partial charge is 0.205 e. The lowest BCUT2D eigenvalue weighted by Gasteiger charge is -2.14. The maximum absolute atomic E-state index is 5.40. The summed E-state index contributed by atoms with van der Waals surface area (Å²) in [4.78, 5) is 4.24. The van der Waals surface area contributed by atoms with Crippen molar-refractivity contribution in [2.24, 2.45) is 10.8 Å². The highest BCUT2D eigenvalue weighted by Gasteiger charge is 2.21. The standard InChI is InChI=1S/C12H18N4/c1-2-14-12(16-13)15-11-7-9-5-3-4-6-10(9)8-11/h3-6,11H,2,7-8,13H2,1H3,(H2,14,15,16). The van der Waals surface area contributed by atoms with Crippen LogP contribution in [0.5, 0.6) is 0 Å². The number of hydrogen-bond acceptors (Lipinski definition) is 2. The summed E-state index contributed by atoms with van der Waals surface area (Å²) in [5.41, 5.74) is 5.44. The zero-order valence-electron chi connectivity index (χ0n) is 9.53. The highest BCUT2D eigenvalue weighted by Crippen LogP contribution is 2.21. The molecule has 0 fully saturated rings. The Labute approximate surface area is 95.9 Å². The fourth-order valence-corrected chi connectivity index (χ4v) is 2.15. The molecule has 4 nitrogen and oxygen atoms in total. The van der Waals surface area contributed by atoms with Crippen molar-refractivity contribution in [2.45, 2.75) is 25.8 Å². The van der Waals surface area contributed by atoms with Crippen LogP contribution in [0.3, 0.4) is 0 Å². The van der Waals surface area contributed by atoms with Crippen molar-refractivity contribution in [1.29, 1.82) is 0 Å². The molecule has 1 aliphatic rings. The van der Waals surface area contributed by atoms with Crippen molar-refractivity contribution in [3.8, 4) is 0 Å². The van der Waals surface area contributed by atoms with Crippen LogP contribution in [0.1, 0.15) is 18.1 Å². The number of nitrogens with one attached hydrogen (secondary N) is 2. The van der Waals surface area contributed by atoms with Crippen molar-refractivity contribution >= 4 is 5.96 Å². The van der Waals surface area contributed by atoms with Crippen molar-refractivity contribution < 1.29 is 0 Å². The maximum Gasteiger partial charge on any atom is 0.205 e. The number of benzene rings is 1. The Morgan fingerprint density at radius 1 is 1.38 bits per heavy atom. The van der Waals surface area contributed by atoms with Crippen LogP contribution in [-0.4, -0.2) is 18.5 Å². The molecule has 0 aliphatic heterocycles. The molecule has 0 unspecified atom stereocenters. The molecule has 0 spiro atoms. The molecule has 4 heteroatoms. The Balaban J connectivity index is 1.99. The van der Waals surface area contributed by atoms with E-state index < -0.39 is 0 Å². The minimum atomic E-state index is 0.402. The first-order valence-corrected chi connectivity index (χ1v) is 5.68. The first kappa shape index (κ1) is 11.0. The summed E-state index contributed by atoms with van der Waals surface area (Å²) in [7, 11) is 0. The highest BCUT2D eigenvalue weighted by atomic mass is 15.3. The summed E-state index contributed by atoms with van der Waals surface area (Å²) in [6.45, 7) is 2.72. The van der Waals surface area contributed by atoms with Crippen molar-refractivity contribution in [3.05, 3.63) is 35.4 Å². The fourth-order valence-electron chi connectivity index (χ4n) is 2.15. The number of nitrogens with zero attached hydrogens (tertiary/aromatic N) is 1. The summed E-state index contributed by atoms with van der Waals surface area (Å²) in [5, 5.41) is 3.33. The summed E-state index contributed by atoms with van der Waals surface area (Å²) in [6.07, 6.45) is 2.08. The average molecular weight is 218 g/mol. The van der Waals surface area contributed by atoms with E-state index in [1.807, 2.05) is 6.92 Å². The summed E-state index contributed by atoms with van der Waals surface area (Å²) >= 11 is 0. The lowest BCUT2D eigenvalue weighted by molar-refractivity contribution is 0.627. The minimum absolute atomic E-state index is 0.402. The van der Waals surface area contributed by atoms with Gasteiger partial charge in [-0.1, -0.05) is 24.3 Å². The number of guanidine groups is 1. The fraction of sp³-hybridized carbons (Fsp3) is 0.417. The second kappa shape index (κ2) is 4.99. The van der Waals surface area contributed by atoms with Crippen LogP contribution in [0, 0.1) is 0 Å². The molecule has 86 valence electrons. The van der Waals surface area contributed by atoms with Crippen LogP contribution in [0.4, 0.5) is 0 Å². The van der Waals surface area contributed by atoms with Gasteiger partial charge in [0.05, 0.1) is 0 Å². The van der Waals surface area contributed by atoms with E-state index in [2.05, 4.69) is 40.0 Å². The van der Waals surface area contributed by atoms with E-state index in [1.165, 1.54) is 11.1 Å². The number of rotatable bonds is 2. The predicted octanol–water partition coefficient (Wildman–Crippen LogP) is 0.583. The Morgan fingerprint density at radius 3 is 2.50 bits per heavy atom. The number of nitrogens with two attached hydrogens (primary N) is 1. The van der Waals surface area contributed by atoms with Gasteiger partial charge in [0.2, 0.25) is 5.96 Å². The van der Waals surface area contributed by atoms with E-state index in [0.717, 1.165) is 19.4 Å². The Kier molecular flexibility index (Phi) is 3.41. The molecule has 2 rings (SSSR count). The molecule has 1 aliphatic carbocycles. The first-order valence-electron chi connectivity index (χ1n) is 5.68. The van der Waals surface area contributed by atoms with E-state index in [-0.39, 0.29) is 0 Å². The lowest BCUT2D eigenvalue weighted by atomic mass is 10.1. The SMILES string of the molecule is CCN=C(NN)NC1Cc2ccccc2C1. The van der Waals surface area contributed by atoms with Gasteiger partial charge in [-0.25, -0.2) is 5.84 Å². The third kappa shape index (κ3) is 2.33. The van der Waals surface area contributed by atoms with Crippen LogP contribution in [0.25, 0.3) is 0 Å². The van der Waals surface area contributed by atoms with Gasteiger partial charge >= 0.3 is 0 Å². The molecule has 0 amide bonds. The van der Waals surface area contributed by atoms with Crippen LogP contribution < -0.4 is 16.6 Å². The topological polar surface area (TPSA) is 62.4 Å². The Morgan fingerprint density at radius 2 is 2.00 bits per heavy atom. The molecule has 0 saturated carbocycles. The van der Waals surface area contributed by atoms with Gasteiger partial charge in [0.15, 0.2) is 0 Å². The second-order valence-corrected chi connectivity index (χ2v) is 3.99. The molecule has 0 bridgehead atoms. The van der Waals surface area contributed by atoms with Crippen LogP contribution in [0.15, 0.2) is 29.3 Å². The molecule has 0 radical (unpaired) electrons. The van der Waals surface area contributed by atoms with E-state index >= 15 is 0 Å². The number of hydrazine groups is 1. The maximum atomic E-state index is 5.40. The van der Waals surface area contributed by atoms with E-state index in [0.29, 0.717) is 12.0 Å². The van der Waals surface area contributed by atoms with Crippen LogP contribution in [-0.2, 0) is 12.8 Å². The van der Waals surface area contributed by atoms with Gasteiger partial charge in [-0.15, -0.1) is 0 Å². The lowest BCUT2D eigenvalue weighted by Crippen LogP contribution is -2.46. The molecular weight excluding hydrogens is 200 g/mol. The zero-order chi connectivity index (χ0) is 11.4. The van der Waals surface area contributed by atoms with Gasteiger partial charge in [0.1, 0.15) is 0 Å². The summed E-state index contributed by atoms with van der Waals surface area (Å²) < 4.78 is 0. The van der Waals surface area contributed by atoms with Crippen LogP contribution in [0.2, 0.25) is 0 Å². The normalized spacial score (nSPS) is 16.0.